The third kappa shape index (κ3) is 2.95. The van der Waals surface area contributed by atoms with Gasteiger partial charge in [0.25, 0.3) is 5.91 Å². The van der Waals surface area contributed by atoms with Crippen molar-refractivity contribution in [2.24, 2.45) is 11.3 Å². The summed E-state index contributed by atoms with van der Waals surface area (Å²) >= 11 is 0. The predicted octanol–water partition coefficient (Wildman–Crippen LogP) is 3.05. The van der Waals surface area contributed by atoms with Crippen LogP contribution in [-0.2, 0) is 0 Å². The van der Waals surface area contributed by atoms with Crippen LogP contribution in [0.2, 0.25) is 0 Å². The van der Waals surface area contributed by atoms with Crippen molar-refractivity contribution in [1.82, 2.24) is 14.7 Å². The van der Waals surface area contributed by atoms with Crippen LogP contribution in [0, 0.1) is 18.3 Å². The Labute approximate surface area is 148 Å². The molecule has 0 aromatic carbocycles. The van der Waals surface area contributed by atoms with Crippen LogP contribution in [0.5, 0.6) is 0 Å². The van der Waals surface area contributed by atoms with E-state index in [2.05, 4.69) is 14.7 Å². The quantitative estimate of drug-likeness (QED) is 0.849. The van der Waals surface area contributed by atoms with E-state index in [1.165, 1.54) is 12.8 Å². The highest BCUT2D eigenvalue weighted by atomic mass is 16.3. The molecule has 1 amide bonds. The van der Waals surface area contributed by atoms with Gasteiger partial charge in [0.05, 0.1) is 23.9 Å². The van der Waals surface area contributed by atoms with Crippen molar-refractivity contribution in [3.63, 3.8) is 0 Å². The van der Waals surface area contributed by atoms with E-state index >= 15 is 0 Å². The average molecular weight is 341 g/mol. The Kier molecular flexibility index (Phi) is 3.87. The molecule has 25 heavy (non-hydrogen) atoms. The summed E-state index contributed by atoms with van der Waals surface area (Å²) in [6.45, 7) is 6.11. The number of aryl methyl sites for hydroxylation is 1. The molecule has 2 aromatic rings. The van der Waals surface area contributed by atoms with Gasteiger partial charge < -0.3 is 10.4 Å². The number of aliphatic hydroxyl groups is 1. The Morgan fingerprint density at radius 3 is 2.68 bits per heavy atom. The van der Waals surface area contributed by atoms with Gasteiger partial charge in [-0.2, -0.15) is 0 Å². The number of nitrogens with zero attached hydrogens (tertiary/aromatic N) is 2. The van der Waals surface area contributed by atoms with Crippen molar-refractivity contribution >= 4 is 11.4 Å². The fourth-order valence-corrected chi connectivity index (χ4v) is 3.84. The molecule has 0 spiro atoms. The minimum absolute atomic E-state index is 0.00536. The van der Waals surface area contributed by atoms with E-state index in [1.807, 2.05) is 39.1 Å². The van der Waals surface area contributed by atoms with Crippen molar-refractivity contribution in [2.45, 2.75) is 58.4 Å². The van der Waals surface area contributed by atoms with Crippen LogP contribution < -0.4 is 5.32 Å². The molecule has 1 atom stereocenters. The lowest BCUT2D eigenvalue weighted by atomic mass is 9.82. The maximum absolute atomic E-state index is 13.0. The molecule has 2 heterocycles. The molecule has 0 aliphatic heterocycles. The fourth-order valence-electron chi connectivity index (χ4n) is 3.84. The second kappa shape index (κ2) is 5.84. The SMILES string of the molecule is Cc1c(C(=O)NC(C2CC2)C(C)(C)CO)ccc2cnc(C3CC3)n12. The highest BCUT2D eigenvalue weighted by molar-refractivity contribution is 5.96. The number of aliphatic hydroxyl groups excluding tert-OH is 1. The molecular weight excluding hydrogens is 314 g/mol. The van der Waals surface area contributed by atoms with Crippen LogP contribution in [0.25, 0.3) is 5.52 Å². The third-order valence-electron chi connectivity index (χ3n) is 5.78. The maximum Gasteiger partial charge on any atom is 0.253 e. The Morgan fingerprint density at radius 1 is 1.36 bits per heavy atom. The highest BCUT2D eigenvalue weighted by Crippen LogP contribution is 2.41. The van der Waals surface area contributed by atoms with E-state index in [4.69, 9.17) is 0 Å². The van der Waals surface area contributed by atoms with Gasteiger partial charge in [0.1, 0.15) is 5.82 Å². The second-order valence-corrected chi connectivity index (χ2v) is 8.42. The monoisotopic (exact) mass is 341 g/mol. The zero-order valence-corrected chi connectivity index (χ0v) is 15.2. The number of amides is 1. The average Bonchev–Trinajstić information content (AvgIpc) is 3.51. The number of pyridine rings is 1. The molecule has 5 nitrogen and oxygen atoms in total. The summed E-state index contributed by atoms with van der Waals surface area (Å²) in [4.78, 5) is 17.6. The zero-order valence-electron chi connectivity index (χ0n) is 15.2. The van der Waals surface area contributed by atoms with Crippen LogP contribution in [0.3, 0.4) is 0 Å². The number of carbonyl (C=O) groups excluding carboxylic acids is 1. The molecule has 2 aromatic heterocycles. The number of carbonyl (C=O) groups is 1. The first-order valence-electron chi connectivity index (χ1n) is 9.31. The van der Waals surface area contributed by atoms with Gasteiger partial charge in [-0.1, -0.05) is 13.8 Å². The molecule has 0 bridgehead atoms. The predicted molar refractivity (Wildman–Crippen MR) is 96.7 cm³/mol. The van der Waals surface area contributed by atoms with Gasteiger partial charge >= 0.3 is 0 Å². The molecule has 2 fully saturated rings. The minimum atomic E-state index is -0.316. The zero-order chi connectivity index (χ0) is 17.8. The summed E-state index contributed by atoms with van der Waals surface area (Å²) in [6.07, 6.45) is 6.51. The Hall–Kier alpha value is -1.88. The summed E-state index contributed by atoms with van der Waals surface area (Å²) in [7, 11) is 0. The number of imidazole rings is 1. The first kappa shape index (κ1) is 16.6. The third-order valence-corrected chi connectivity index (χ3v) is 5.78. The molecule has 2 N–H and O–H groups in total. The molecule has 1 unspecified atom stereocenters. The number of hydrogen-bond acceptors (Lipinski definition) is 3. The summed E-state index contributed by atoms with van der Waals surface area (Å²) in [5.41, 5.74) is 2.38. The van der Waals surface area contributed by atoms with Gasteiger partial charge in [-0.3, -0.25) is 9.20 Å². The Balaban J connectivity index is 1.65. The van der Waals surface area contributed by atoms with E-state index in [0.29, 0.717) is 17.4 Å². The molecule has 0 saturated heterocycles. The molecule has 2 aliphatic carbocycles. The second-order valence-electron chi connectivity index (χ2n) is 8.42. The van der Waals surface area contributed by atoms with Crippen LogP contribution in [-0.4, -0.2) is 33.0 Å². The van der Waals surface area contributed by atoms with Crippen molar-refractivity contribution in [1.29, 1.82) is 0 Å². The minimum Gasteiger partial charge on any atom is -0.396 e. The molecule has 2 aliphatic rings. The molecule has 134 valence electrons. The first-order chi connectivity index (χ1) is 11.9. The lowest BCUT2D eigenvalue weighted by molar-refractivity contribution is 0.0771. The van der Waals surface area contributed by atoms with Crippen molar-refractivity contribution in [2.75, 3.05) is 6.61 Å². The van der Waals surface area contributed by atoms with E-state index in [1.54, 1.807) is 0 Å². The number of nitrogens with one attached hydrogen (secondary N) is 1. The number of rotatable bonds is 6. The summed E-state index contributed by atoms with van der Waals surface area (Å²) in [6, 6.07) is 3.88. The van der Waals surface area contributed by atoms with Gasteiger partial charge in [-0.25, -0.2) is 4.98 Å². The fraction of sp³-hybridized carbons (Fsp3) is 0.600. The van der Waals surface area contributed by atoms with Crippen LogP contribution in [0.4, 0.5) is 0 Å². The topological polar surface area (TPSA) is 66.6 Å². The number of aromatic nitrogens is 2. The maximum atomic E-state index is 13.0. The Morgan fingerprint density at radius 2 is 2.08 bits per heavy atom. The Bertz CT molecular complexity index is 816. The lowest BCUT2D eigenvalue weighted by Crippen LogP contribution is -2.48. The molecule has 2 saturated carbocycles. The molecule has 5 heteroatoms. The largest absolute Gasteiger partial charge is 0.396 e. The number of fused-ring (bicyclic) bond motifs is 1. The standard InChI is InChI=1S/C20H27N3O2/c1-12-16(9-8-15-10-21-18(23(12)15)14-6-7-14)19(25)22-17(13-4-5-13)20(2,3)11-24/h8-10,13-14,17,24H,4-7,11H2,1-3H3,(H,22,25). The van der Waals surface area contributed by atoms with Crippen LogP contribution >= 0.6 is 0 Å². The molecule has 4 rings (SSSR count). The smallest absolute Gasteiger partial charge is 0.253 e. The van der Waals surface area contributed by atoms with E-state index < -0.39 is 0 Å². The normalized spacial score (nSPS) is 19.2. The van der Waals surface area contributed by atoms with Gasteiger partial charge in [-0.05, 0) is 50.7 Å². The summed E-state index contributed by atoms with van der Waals surface area (Å²) < 4.78 is 2.13. The van der Waals surface area contributed by atoms with Gasteiger partial charge in [0.15, 0.2) is 0 Å². The van der Waals surface area contributed by atoms with Gasteiger partial charge in [0, 0.05) is 23.1 Å². The molecular formula is C20H27N3O2. The van der Waals surface area contributed by atoms with E-state index in [0.717, 1.165) is 29.9 Å². The van der Waals surface area contributed by atoms with E-state index in [9.17, 15) is 9.90 Å². The van der Waals surface area contributed by atoms with Crippen LogP contribution in [0.1, 0.15) is 67.3 Å². The molecule has 0 radical (unpaired) electrons. The van der Waals surface area contributed by atoms with Crippen LogP contribution in [0.15, 0.2) is 18.3 Å². The lowest BCUT2D eigenvalue weighted by Gasteiger charge is -2.33. The van der Waals surface area contributed by atoms with E-state index in [-0.39, 0.29) is 24.0 Å². The van der Waals surface area contributed by atoms with Gasteiger partial charge in [-0.15, -0.1) is 0 Å². The first-order valence-corrected chi connectivity index (χ1v) is 9.31. The van der Waals surface area contributed by atoms with Crippen molar-refractivity contribution in [3.8, 4) is 0 Å². The van der Waals surface area contributed by atoms with Crippen molar-refractivity contribution in [3.05, 3.63) is 35.4 Å². The summed E-state index contributed by atoms with van der Waals surface area (Å²) in [5.74, 6) is 2.04. The van der Waals surface area contributed by atoms with Crippen molar-refractivity contribution < 1.29 is 9.90 Å². The van der Waals surface area contributed by atoms with Gasteiger partial charge in [0.2, 0.25) is 0 Å². The number of hydrogen-bond donors (Lipinski definition) is 2. The summed E-state index contributed by atoms with van der Waals surface area (Å²) in [5, 5.41) is 12.9. The highest BCUT2D eigenvalue weighted by Gasteiger charge is 2.42.